The highest BCUT2D eigenvalue weighted by molar-refractivity contribution is 7.51. The van der Waals surface area contributed by atoms with Crippen molar-refractivity contribution in [2.75, 3.05) is 19.4 Å². The average molecular weight is 679 g/mol. The number of nitrogens with one attached hydrogen (secondary N) is 2. The highest BCUT2D eigenvalue weighted by Gasteiger charge is 2.57. The minimum atomic E-state index is -4.30. The quantitative estimate of drug-likeness (QED) is 0.179. The van der Waals surface area contributed by atoms with Crippen LogP contribution >= 0.6 is 30.8 Å². The summed E-state index contributed by atoms with van der Waals surface area (Å²) in [5.74, 6) is -2.97. The summed E-state index contributed by atoms with van der Waals surface area (Å²) < 4.78 is 55.2. The molecule has 1 unspecified atom stereocenters. The molecule has 0 aromatic heterocycles. The van der Waals surface area contributed by atoms with Gasteiger partial charge in [0.1, 0.15) is 29.2 Å². The Hall–Kier alpha value is -2.96. The van der Waals surface area contributed by atoms with E-state index >= 15 is 0 Å². The van der Waals surface area contributed by atoms with Crippen molar-refractivity contribution in [2.45, 2.75) is 62.1 Å². The van der Waals surface area contributed by atoms with Gasteiger partial charge >= 0.3 is 13.6 Å². The fourth-order valence-electron chi connectivity index (χ4n) is 5.51. The van der Waals surface area contributed by atoms with Gasteiger partial charge in [0.25, 0.3) is 11.8 Å². The predicted octanol–water partition coefficient (Wildman–Crippen LogP) is 4.29. The maximum atomic E-state index is 13.8. The number of halogens is 4. The normalized spacial score (nSPS) is 22.6. The Morgan fingerprint density at radius 3 is 1.91 bits per heavy atom. The Balaban J connectivity index is 1.41. The van der Waals surface area contributed by atoms with Crippen LogP contribution in [0.2, 0.25) is 10.0 Å². The molecule has 0 radical (unpaired) electrons. The summed E-state index contributed by atoms with van der Waals surface area (Å²) in [6.45, 7) is -0.879. The molecule has 0 spiro atoms. The molecule has 4 N–H and O–H groups in total. The third kappa shape index (κ3) is 9.04. The Morgan fingerprint density at radius 2 is 1.41 bits per heavy atom. The van der Waals surface area contributed by atoms with E-state index in [0.717, 1.165) is 12.1 Å². The number of benzene rings is 2. The molecule has 0 aliphatic heterocycles. The number of hydrogen-bond acceptors (Lipinski definition) is 7. The Morgan fingerprint density at radius 1 is 0.886 bits per heavy atom. The Kier molecular flexibility index (Phi) is 10.8. The number of ether oxygens (including phenoxy) is 3. The molecule has 11 nitrogen and oxygen atoms in total. The number of carbonyl (C=O) groups excluding carboxylic acids is 3. The average Bonchev–Trinajstić information content (AvgIpc) is 2.94. The van der Waals surface area contributed by atoms with Gasteiger partial charge in [-0.2, -0.15) is 0 Å². The standard InChI is InChI=1S/C28H31Cl2F2N2O9P/c29-19-5-3-17(12-21(19)31)41-15-24(35)33-27-7-9-28(10-8-27,23(14-27)43-26(37)2-1-11-44(38,39)40)34-25(36)16-42-18-4-6-20(30)22(32)13-18/h3-6,12-13,23H,1-2,7-11,14-16H2,(H,33,35)(H,34,36)(H2,38,39,40). The lowest BCUT2D eigenvalue weighted by Gasteiger charge is -2.57. The summed E-state index contributed by atoms with van der Waals surface area (Å²) in [7, 11) is -4.30. The van der Waals surface area contributed by atoms with E-state index in [1.165, 1.54) is 24.3 Å². The monoisotopic (exact) mass is 678 g/mol. The minimum absolute atomic E-state index is 0.0881. The molecule has 0 saturated heterocycles. The minimum Gasteiger partial charge on any atom is -0.484 e. The van der Waals surface area contributed by atoms with Crippen molar-refractivity contribution < 1.29 is 51.7 Å². The summed E-state index contributed by atoms with van der Waals surface area (Å²) in [4.78, 5) is 56.7. The van der Waals surface area contributed by atoms with Gasteiger partial charge < -0.3 is 34.6 Å². The van der Waals surface area contributed by atoms with E-state index in [2.05, 4.69) is 10.6 Å². The van der Waals surface area contributed by atoms with Crippen molar-refractivity contribution in [1.29, 1.82) is 0 Å². The van der Waals surface area contributed by atoms with E-state index in [4.69, 9.17) is 47.2 Å². The second kappa shape index (κ2) is 14.0. The summed E-state index contributed by atoms with van der Waals surface area (Å²) in [6, 6.07) is 7.52. The third-order valence-corrected chi connectivity index (χ3v) is 9.22. The van der Waals surface area contributed by atoms with Crippen LogP contribution in [-0.4, -0.2) is 64.1 Å². The molecule has 5 rings (SSSR count). The third-order valence-electron chi connectivity index (χ3n) is 7.71. The lowest BCUT2D eigenvalue weighted by molar-refractivity contribution is -0.167. The van der Waals surface area contributed by atoms with Gasteiger partial charge in [-0.3, -0.25) is 18.9 Å². The fourth-order valence-corrected chi connectivity index (χ4v) is 6.32. The van der Waals surface area contributed by atoms with Crippen LogP contribution in [0.4, 0.5) is 8.78 Å². The molecule has 3 fully saturated rings. The van der Waals surface area contributed by atoms with Crippen LogP contribution in [0.1, 0.15) is 44.9 Å². The SMILES string of the molecule is O=C(COc1ccc(Cl)c(F)c1)NC12CCC(NC(=O)COc3ccc(Cl)c(F)c3)(CC1)C(OC(=O)CCCP(=O)(O)O)C2. The van der Waals surface area contributed by atoms with Gasteiger partial charge in [-0.05, 0) is 56.4 Å². The second-order valence-corrected chi connectivity index (χ2v) is 13.5. The van der Waals surface area contributed by atoms with Crippen LogP contribution in [0.5, 0.6) is 11.5 Å². The molecular formula is C28H31Cl2F2N2O9P. The van der Waals surface area contributed by atoms with Crippen LogP contribution in [0.15, 0.2) is 36.4 Å². The molecule has 3 aliphatic carbocycles. The van der Waals surface area contributed by atoms with Crippen molar-refractivity contribution in [3.8, 4) is 11.5 Å². The van der Waals surface area contributed by atoms with Crippen molar-refractivity contribution in [3.05, 3.63) is 58.1 Å². The number of rotatable bonds is 13. The molecule has 2 bridgehead atoms. The lowest BCUT2D eigenvalue weighted by atomic mass is 9.59. The smallest absolute Gasteiger partial charge is 0.325 e. The van der Waals surface area contributed by atoms with Gasteiger partial charge in [-0.25, -0.2) is 8.78 Å². The Bertz CT molecular complexity index is 1450. The summed E-state index contributed by atoms with van der Waals surface area (Å²) in [5, 5.41) is 5.67. The summed E-state index contributed by atoms with van der Waals surface area (Å²) in [5.41, 5.74) is -1.80. The molecule has 240 valence electrons. The van der Waals surface area contributed by atoms with E-state index in [9.17, 15) is 27.7 Å². The fraction of sp³-hybridized carbons (Fsp3) is 0.464. The van der Waals surface area contributed by atoms with Crippen LogP contribution in [0.25, 0.3) is 0 Å². The molecule has 2 aromatic carbocycles. The second-order valence-electron chi connectivity index (χ2n) is 10.9. The summed E-state index contributed by atoms with van der Waals surface area (Å²) in [6.07, 6.45) is -0.134. The first-order chi connectivity index (χ1) is 20.7. The molecule has 3 saturated carbocycles. The topological polar surface area (TPSA) is 160 Å². The first kappa shape index (κ1) is 33.9. The lowest BCUT2D eigenvalue weighted by Crippen LogP contribution is -2.71. The highest BCUT2D eigenvalue weighted by Crippen LogP contribution is 2.48. The van der Waals surface area contributed by atoms with Crippen molar-refractivity contribution >= 4 is 48.6 Å². The van der Waals surface area contributed by atoms with Crippen molar-refractivity contribution in [1.82, 2.24) is 10.6 Å². The number of esters is 1. The zero-order valence-electron chi connectivity index (χ0n) is 23.3. The first-order valence-corrected chi connectivity index (χ1v) is 16.2. The van der Waals surface area contributed by atoms with Crippen LogP contribution in [0.3, 0.4) is 0 Å². The van der Waals surface area contributed by atoms with Crippen LogP contribution in [0, 0.1) is 11.6 Å². The maximum Gasteiger partial charge on any atom is 0.325 e. The molecular weight excluding hydrogens is 648 g/mol. The molecule has 3 aliphatic rings. The van der Waals surface area contributed by atoms with Gasteiger partial charge in [0.15, 0.2) is 13.2 Å². The van der Waals surface area contributed by atoms with Gasteiger partial charge in [-0.15, -0.1) is 0 Å². The highest BCUT2D eigenvalue weighted by atomic mass is 35.5. The van der Waals surface area contributed by atoms with Crippen molar-refractivity contribution in [2.24, 2.45) is 0 Å². The molecule has 16 heteroatoms. The number of amides is 2. The van der Waals surface area contributed by atoms with Gasteiger partial charge in [0.05, 0.1) is 21.7 Å². The largest absolute Gasteiger partial charge is 0.484 e. The summed E-state index contributed by atoms with van der Waals surface area (Å²) >= 11 is 11.4. The van der Waals surface area contributed by atoms with Gasteiger partial charge in [0, 0.05) is 30.5 Å². The van der Waals surface area contributed by atoms with E-state index in [1.54, 1.807) is 0 Å². The van der Waals surface area contributed by atoms with E-state index in [1.807, 2.05) is 0 Å². The zero-order valence-corrected chi connectivity index (χ0v) is 25.7. The molecule has 1 atom stereocenters. The van der Waals surface area contributed by atoms with E-state index < -0.39 is 73.6 Å². The van der Waals surface area contributed by atoms with E-state index in [0.29, 0.717) is 25.7 Å². The number of fused-ring (bicyclic) bond motifs is 3. The first-order valence-electron chi connectivity index (χ1n) is 13.7. The van der Waals surface area contributed by atoms with E-state index in [-0.39, 0.29) is 40.8 Å². The van der Waals surface area contributed by atoms with Crippen LogP contribution in [-0.2, 0) is 23.7 Å². The van der Waals surface area contributed by atoms with Crippen molar-refractivity contribution in [3.63, 3.8) is 0 Å². The van der Waals surface area contributed by atoms with Gasteiger partial charge in [0.2, 0.25) is 0 Å². The molecule has 2 amide bonds. The molecule has 0 heterocycles. The van der Waals surface area contributed by atoms with Gasteiger partial charge in [-0.1, -0.05) is 23.2 Å². The number of hydrogen-bond donors (Lipinski definition) is 4. The Labute approximate surface area is 261 Å². The zero-order chi connectivity index (χ0) is 32.1. The number of carbonyl (C=O) groups is 3. The molecule has 44 heavy (non-hydrogen) atoms. The van der Waals surface area contributed by atoms with Crippen LogP contribution < -0.4 is 20.1 Å². The predicted molar refractivity (Wildman–Crippen MR) is 155 cm³/mol. The maximum absolute atomic E-state index is 13.8. The molecule has 2 aromatic rings.